The van der Waals surface area contributed by atoms with Crippen LogP contribution in [0.5, 0.6) is 0 Å². The first-order valence-corrected chi connectivity index (χ1v) is 11.1. The SMILES string of the molecule is CC(C)NC(=O)CN1CCN(CC(=O)N2CCN(Cc3cccs3)CC2)CC1. The van der Waals surface area contributed by atoms with Crippen molar-refractivity contribution < 1.29 is 9.59 Å². The Morgan fingerprint density at radius 1 is 0.964 bits per heavy atom. The Kier molecular flexibility index (Phi) is 7.84. The average molecular weight is 408 g/mol. The van der Waals surface area contributed by atoms with Crippen LogP contribution in [0.3, 0.4) is 0 Å². The van der Waals surface area contributed by atoms with Crippen LogP contribution in [-0.4, -0.2) is 103 Å². The molecule has 0 unspecified atom stereocenters. The molecule has 0 aromatic carbocycles. The number of hydrogen-bond acceptors (Lipinski definition) is 6. The van der Waals surface area contributed by atoms with E-state index in [0.717, 1.165) is 58.9 Å². The molecule has 0 saturated carbocycles. The summed E-state index contributed by atoms with van der Waals surface area (Å²) in [5.41, 5.74) is 0. The third kappa shape index (κ3) is 6.55. The number of carbonyl (C=O) groups is 2. The Balaban J connectivity index is 1.33. The van der Waals surface area contributed by atoms with E-state index in [9.17, 15) is 9.59 Å². The smallest absolute Gasteiger partial charge is 0.236 e. The van der Waals surface area contributed by atoms with Crippen molar-refractivity contribution >= 4 is 23.2 Å². The van der Waals surface area contributed by atoms with Crippen molar-refractivity contribution in [3.8, 4) is 0 Å². The van der Waals surface area contributed by atoms with Gasteiger partial charge >= 0.3 is 0 Å². The number of thiophene rings is 1. The van der Waals surface area contributed by atoms with Gasteiger partial charge in [0.1, 0.15) is 0 Å². The molecule has 0 radical (unpaired) electrons. The number of carbonyl (C=O) groups excluding carboxylic acids is 2. The summed E-state index contributed by atoms with van der Waals surface area (Å²) in [4.78, 5) is 34.8. The van der Waals surface area contributed by atoms with Gasteiger partial charge in [-0.15, -0.1) is 11.3 Å². The second kappa shape index (κ2) is 10.3. The molecule has 0 aliphatic carbocycles. The minimum absolute atomic E-state index is 0.0833. The molecule has 28 heavy (non-hydrogen) atoms. The Labute approximate surface area is 172 Å². The van der Waals surface area contributed by atoms with Crippen LogP contribution in [0, 0.1) is 0 Å². The lowest BCUT2D eigenvalue weighted by Crippen LogP contribution is -2.54. The highest BCUT2D eigenvalue weighted by Gasteiger charge is 2.25. The lowest BCUT2D eigenvalue weighted by molar-refractivity contribution is -0.135. The van der Waals surface area contributed by atoms with Gasteiger partial charge in [-0.1, -0.05) is 6.07 Å². The fourth-order valence-electron chi connectivity index (χ4n) is 3.75. The van der Waals surface area contributed by atoms with Gasteiger partial charge in [-0.3, -0.25) is 24.3 Å². The van der Waals surface area contributed by atoms with Gasteiger partial charge in [0.2, 0.25) is 11.8 Å². The van der Waals surface area contributed by atoms with Gasteiger partial charge in [0.25, 0.3) is 0 Å². The van der Waals surface area contributed by atoms with Gasteiger partial charge < -0.3 is 10.2 Å². The van der Waals surface area contributed by atoms with E-state index in [4.69, 9.17) is 0 Å². The maximum atomic E-state index is 12.7. The van der Waals surface area contributed by atoms with Crippen LogP contribution in [0.1, 0.15) is 18.7 Å². The maximum absolute atomic E-state index is 12.7. The highest BCUT2D eigenvalue weighted by Crippen LogP contribution is 2.14. The first-order chi connectivity index (χ1) is 13.5. The highest BCUT2D eigenvalue weighted by molar-refractivity contribution is 7.09. The van der Waals surface area contributed by atoms with Gasteiger partial charge in [-0.05, 0) is 25.3 Å². The Morgan fingerprint density at radius 2 is 1.57 bits per heavy atom. The highest BCUT2D eigenvalue weighted by atomic mass is 32.1. The number of nitrogens with zero attached hydrogens (tertiary/aromatic N) is 4. The van der Waals surface area contributed by atoms with Crippen LogP contribution < -0.4 is 5.32 Å². The molecule has 2 aliphatic heterocycles. The van der Waals surface area contributed by atoms with E-state index >= 15 is 0 Å². The zero-order valence-corrected chi connectivity index (χ0v) is 17.9. The normalized spacial score (nSPS) is 19.9. The molecule has 3 rings (SSSR count). The quantitative estimate of drug-likeness (QED) is 0.715. The first-order valence-electron chi connectivity index (χ1n) is 10.3. The minimum Gasteiger partial charge on any atom is -0.353 e. The minimum atomic E-state index is 0.0833. The van der Waals surface area contributed by atoms with Crippen molar-refractivity contribution in [3.05, 3.63) is 22.4 Å². The summed E-state index contributed by atoms with van der Waals surface area (Å²) in [6.45, 7) is 12.8. The summed E-state index contributed by atoms with van der Waals surface area (Å²) in [6.07, 6.45) is 0. The second-order valence-corrected chi connectivity index (χ2v) is 9.04. The molecule has 2 saturated heterocycles. The largest absolute Gasteiger partial charge is 0.353 e. The molecule has 156 valence electrons. The molecule has 2 fully saturated rings. The summed E-state index contributed by atoms with van der Waals surface area (Å²) in [5.74, 6) is 0.321. The molecule has 1 aromatic rings. The molecule has 7 nitrogen and oxygen atoms in total. The summed E-state index contributed by atoms with van der Waals surface area (Å²) in [5, 5.41) is 5.05. The summed E-state index contributed by atoms with van der Waals surface area (Å²) in [6, 6.07) is 4.45. The third-order valence-electron chi connectivity index (χ3n) is 5.33. The van der Waals surface area contributed by atoms with Gasteiger partial charge in [0, 0.05) is 69.8 Å². The number of hydrogen-bond donors (Lipinski definition) is 1. The third-order valence-corrected chi connectivity index (χ3v) is 6.19. The molecule has 1 aromatic heterocycles. The van der Waals surface area contributed by atoms with Crippen molar-refractivity contribution in [2.75, 3.05) is 65.4 Å². The standard InChI is InChI=1S/C20H33N5O2S/c1-17(2)21-19(26)15-23-5-7-24(8-6-23)16-20(27)25-11-9-22(10-12-25)14-18-4-3-13-28-18/h3-4,13,17H,5-12,14-16H2,1-2H3,(H,21,26). The molecule has 2 amide bonds. The van der Waals surface area contributed by atoms with E-state index in [0.29, 0.717) is 13.1 Å². The summed E-state index contributed by atoms with van der Waals surface area (Å²) < 4.78 is 0. The first kappa shape index (κ1) is 21.2. The predicted octanol–water partition coefficient (Wildman–Crippen LogP) is 0.535. The fourth-order valence-corrected chi connectivity index (χ4v) is 4.49. The van der Waals surface area contributed by atoms with Crippen LogP contribution >= 0.6 is 11.3 Å². The molecule has 0 bridgehead atoms. The molecule has 0 atom stereocenters. The van der Waals surface area contributed by atoms with Crippen molar-refractivity contribution in [3.63, 3.8) is 0 Å². The van der Waals surface area contributed by atoms with Gasteiger partial charge in [-0.25, -0.2) is 0 Å². The summed E-state index contributed by atoms with van der Waals surface area (Å²) in [7, 11) is 0. The second-order valence-electron chi connectivity index (χ2n) is 8.01. The Hall–Kier alpha value is -1.48. The molecular weight excluding hydrogens is 374 g/mol. The lowest BCUT2D eigenvalue weighted by atomic mass is 10.2. The van der Waals surface area contributed by atoms with Crippen molar-refractivity contribution in [2.24, 2.45) is 0 Å². The number of amides is 2. The van der Waals surface area contributed by atoms with E-state index in [1.54, 1.807) is 11.3 Å². The van der Waals surface area contributed by atoms with Crippen molar-refractivity contribution in [1.29, 1.82) is 0 Å². The molecule has 3 heterocycles. The van der Waals surface area contributed by atoms with Crippen LogP contribution in [-0.2, 0) is 16.1 Å². The fraction of sp³-hybridized carbons (Fsp3) is 0.700. The Morgan fingerprint density at radius 3 is 2.14 bits per heavy atom. The average Bonchev–Trinajstić information content (AvgIpc) is 3.16. The zero-order valence-electron chi connectivity index (χ0n) is 17.1. The van der Waals surface area contributed by atoms with Gasteiger partial charge in [0.05, 0.1) is 13.1 Å². The lowest BCUT2D eigenvalue weighted by Gasteiger charge is -2.37. The van der Waals surface area contributed by atoms with E-state index in [1.807, 2.05) is 18.7 Å². The molecular formula is C20H33N5O2S. The number of piperazine rings is 2. The molecule has 0 spiro atoms. The van der Waals surface area contributed by atoms with Gasteiger partial charge in [-0.2, -0.15) is 0 Å². The maximum Gasteiger partial charge on any atom is 0.236 e. The number of rotatable bonds is 7. The van der Waals surface area contributed by atoms with Crippen LogP contribution in [0.4, 0.5) is 0 Å². The van der Waals surface area contributed by atoms with Crippen LogP contribution in [0.15, 0.2) is 17.5 Å². The van der Waals surface area contributed by atoms with E-state index in [-0.39, 0.29) is 17.9 Å². The van der Waals surface area contributed by atoms with Crippen molar-refractivity contribution in [2.45, 2.75) is 26.4 Å². The molecule has 2 aliphatic rings. The van der Waals surface area contributed by atoms with Gasteiger partial charge in [0.15, 0.2) is 0 Å². The molecule has 1 N–H and O–H groups in total. The van der Waals surface area contributed by atoms with E-state index in [2.05, 4.69) is 37.5 Å². The van der Waals surface area contributed by atoms with Crippen molar-refractivity contribution in [1.82, 2.24) is 24.9 Å². The van der Waals surface area contributed by atoms with Crippen LogP contribution in [0.25, 0.3) is 0 Å². The van der Waals surface area contributed by atoms with Crippen LogP contribution in [0.2, 0.25) is 0 Å². The zero-order chi connectivity index (χ0) is 19.9. The van der Waals surface area contributed by atoms with E-state index in [1.165, 1.54) is 4.88 Å². The van der Waals surface area contributed by atoms with E-state index < -0.39 is 0 Å². The predicted molar refractivity (Wildman–Crippen MR) is 112 cm³/mol. The number of nitrogens with one attached hydrogen (secondary N) is 1. The summed E-state index contributed by atoms with van der Waals surface area (Å²) >= 11 is 1.80. The molecule has 8 heteroatoms. The monoisotopic (exact) mass is 407 g/mol. The Bertz CT molecular complexity index is 621. The topological polar surface area (TPSA) is 59.1 Å².